The number of benzene rings is 1. The zero-order chi connectivity index (χ0) is 25.4. The number of fused-ring (bicyclic) bond motifs is 1. The number of amides is 1. The van der Waals surface area contributed by atoms with Gasteiger partial charge < -0.3 is 15.4 Å². The van der Waals surface area contributed by atoms with Crippen LogP contribution in [0.5, 0.6) is 0 Å². The Labute approximate surface area is 210 Å². The molecule has 0 radical (unpaired) electrons. The van der Waals surface area contributed by atoms with Crippen LogP contribution in [0.1, 0.15) is 64.8 Å². The molecule has 1 amide bonds. The number of hydrogen-bond donors (Lipinski definition) is 1. The third-order valence-electron chi connectivity index (χ3n) is 6.67. The lowest BCUT2D eigenvalue weighted by molar-refractivity contribution is -0.0424. The van der Waals surface area contributed by atoms with Gasteiger partial charge in [0.1, 0.15) is 5.02 Å². The van der Waals surface area contributed by atoms with Gasteiger partial charge in [-0.05, 0) is 24.8 Å². The van der Waals surface area contributed by atoms with E-state index in [1.807, 2.05) is 4.90 Å². The summed E-state index contributed by atoms with van der Waals surface area (Å²) < 4.78 is 35.5. The van der Waals surface area contributed by atoms with Gasteiger partial charge in [-0.15, -0.1) is 0 Å². The first-order valence-corrected chi connectivity index (χ1v) is 12.1. The van der Waals surface area contributed by atoms with Crippen molar-refractivity contribution in [3.8, 4) is 0 Å². The molecule has 0 aliphatic carbocycles. The number of halogens is 3. The molecule has 12 heteroatoms. The number of ether oxygens (including phenoxy) is 1. The molecule has 2 aromatic heterocycles. The second-order valence-corrected chi connectivity index (χ2v) is 9.26. The van der Waals surface area contributed by atoms with Crippen molar-refractivity contribution in [3.05, 3.63) is 73.9 Å². The Kier molecular flexibility index (Phi) is 6.76. The van der Waals surface area contributed by atoms with Crippen LogP contribution < -0.4 is 16.2 Å². The van der Waals surface area contributed by atoms with Gasteiger partial charge in [-0.2, -0.15) is 14.9 Å². The van der Waals surface area contributed by atoms with E-state index < -0.39 is 24.1 Å². The predicted octanol–water partition coefficient (Wildman–Crippen LogP) is 3.44. The number of primary amides is 1. The van der Waals surface area contributed by atoms with E-state index in [1.165, 1.54) is 16.9 Å². The van der Waals surface area contributed by atoms with Crippen LogP contribution >= 0.6 is 11.6 Å². The van der Waals surface area contributed by atoms with Crippen LogP contribution in [0.4, 0.5) is 14.5 Å². The Hall–Kier alpha value is -3.31. The second-order valence-electron chi connectivity index (χ2n) is 8.88. The summed E-state index contributed by atoms with van der Waals surface area (Å²) in [6.07, 6.45) is 1.46. The van der Waals surface area contributed by atoms with Crippen molar-refractivity contribution < 1.29 is 18.3 Å². The fourth-order valence-corrected chi connectivity index (χ4v) is 5.11. The highest BCUT2D eigenvalue weighted by atomic mass is 35.5. The number of hydrogen-bond acceptors (Lipinski definition) is 6. The number of nitrogens with zero attached hydrogens (tertiary/aromatic N) is 5. The van der Waals surface area contributed by atoms with E-state index in [-0.39, 0.29) is 29.4 Å². The van der Waals surface area contributed by atoms with Crippen molar-refractivity contribution >= 4 is 23.2 Å². The number of carbonyl (C=O) groups excluding carboxylic acids is 1. The highest BCUT2D eigenvalue weighted by Gasteiger charge is 2.30. The van der Waals surface area contributed by atoms with Crippen LogP contribution in [0.25, 0.3) is 0 Å². The molecule has 1 fully saturated rings. The normalized spacial score (nSPS) is 17.9. The van der Waals surface area contributed by atoms with Crippen molar-refractivity contribution in [1.29, 1.82) is 0 Å². The Morgan fingerprint density at radius 1 is 1.28 bits per heavy atom. The van der Waals surface area contributed by atoms with Crippen LogP contribution in [0.3, 0.4) is 0 Å². The number of anilines is 1. The molecule has 2 aliphatic rings. The maximum atomic E-state index is 13.5. The van der Waals surface area contributed by atoms with Crippen molar-refractivity contribution in [2.24, 2.45) is 5.73 Å². The Bertz CT molecular complexity index is 1350. The van der Waals surface area contributed by atoms with Crippen LogP contribution in [-0.4, -0.2) is 38.6 Å². The zero-order valence-electron chi connectivity index (χ0n) is 19.4. The lowest BCUT2D eigenvalue weighted by atomic mass is 10.0. The van der Waals surface area contributed by atoms with Crippen molar-refractivity contribution in [2.75, 3.05) is 18.1 Å². The number of aromatic nitrogens is 4. The Morgan fingerprint density at radius 3 is 2.81 bits per heavy atom. The van der Waals surface area contributed by atoms with Gasteiger partial charge in [0.15, 0.2) is 11.9 Å². The van der Waals surface area contributed by atoms with E-state index in [0.717, 1.165) is 18.5 Å². The van der Waals surface area contributed by atoms with E-state index in [1.54, 1.807) is 22.9 Å². The molecule has 9 nitrogen and oxygen atoms in total. The lowest BCUT2D eigenvalue weighted by Gasteiger charge is -2.30. The van der Waals surface area contributed by atoms with Crippen molar-refractivity contribution in [3.63, 3.8) is 0 Å². The first kappa shape index (κ1) is 24.4. The van der Waals surface area contributed by atoms with Gasteiger partial charge in [0.25, 0.3) is 17.9 Å². The fraction of sp³-hybridized carbons (Fsp3) is 0.417. The summed E-state index contributed by atoms with van der Waals surface area (Å²) in [5.74, 6) is -0.719. The number of nitrogens with two attached hydrogens (primary N) is 1. The standard InChI is InChI=1S/C24H25ClF2N6O3/c25-20-18(11-29-33(24(20)35)19-7-3-4-10-36-19)31-9-8-17-16(13-31)21(23(28)34)30-32(17)12-14-5-1-2-6-15(14)22(26)27/h1-2,5-6,11,19,22H,3-4,7-10,12-13H2,(H2,28,34). The van der Waals surface area contributed by atoms with Gasteiger partial charge >= 0.3 is 0 Å². The predicted molar refractivity (Wildman–Crippen MR) is 128 cm³/mol. The Balaban J connectivity index is 1.45. The molecule has 0 bridgehead atoms. The van der Waals surface area contributed by atoms with Gasteiger partial charge in [0.05, 0.1) is 18.4 Å². The van der Waals surface area contributed by atoms with Gasteiger partial charge in [-0.1, -0.05) is 35.9 Å². The Morgan fingerprint density at radius 2 is 2.08 bits per heavy atom. The molecule has 0 saturated carbocycles. The molecule has 1 saturated heterocycles. The molecule has 190 valence electrons. The monoisotopic (exact) mass is 518 g/mol. The molecule has 0 spiro atoms. The molecule has 3 aromatic rings. The quantitative estimate of drug-likeness (QED) is 0.535. The summed E-state index contributed by atoms with van der Waals surface area (Å²) in [4.78, 5) is 27.0. The SMILES string of the molecule is NC(=O)c1nn(Cc2ccccc2C(F)F)c2c1CN(c1cnn(C3CCCCO3)c(=O)c1Cl)CC2. The van der Waals surface area contributed by atoms with Crippen molar-refractivity contribution in [1.82, 2.24) is 19.6 Å². The van der Waals surface area contributed by atoms with Crippen molar-refractivity contribution in [2.45, 2.75) is 51.4 Å². The first-order valence-electron chi connectivity index (χ1n) is 11.7. The highest BCUT2D eigenvalue weighted by molar-refractivity contribution is 6.33. The average molecular weight is 519 g/mol. The third-order valence-corrected chi connectivity index (χ3v) is 7.03. The van der Waals surface area contributed by atoms with Crippen LogP contribution in [0.15, 0.2) is 35.3 Å². The molecular weight excluding hydrogens is 494 g/mol. The van der Waals surface area contributed by atoms with E-state index in [4.69, 9.17) is 22.1 Å². The second kappa shape index (κ2) is 9.98. The summed E-state index contributed by atoms with van der Waals surface area (Å²) >= 11 is 6.49. The minimum atomic E-state index is -2.63. The van der Waals surface area contributed by atoms with E-state index in [2.05, 4.69) is 10.2 Å². The largest absolute Gasteiger partial charge is 0.364 e. The molecule has 1 unspecified atom stereocenters. The molecule has 1 aromatic carbocycles. The highest BCUT2D eigenvalue weighted by Crippen LogP contribution is 2.31. The number of rotatable bonds is 6. The minimum absolute atomic E-state index is 0.0153. The number of alkyl halides is 2. The van der Waals surface area contributed by atoms with E-state index >= 15 is 0 Å². The lowest BCUT2D eigenvalue weighted by Crippen LogP contribution is -2.36. The molecule has 4 heterocycles. The van der Waals surface area contributed by atoms with Crippen LogP contribution in [-0.2, 0) is 24.2 Å². The average Bonchev–Trinajstić information content (AvgIpc) is 3.24. The molecule has 2 aliphatic heterocycles. The molecule has 5 rings (SSSR count). The summed E-state index contributed by atoms with van der Waals surface area (Å²) in [5, 5.41) is 8.69. The minimum Gasteiger partial charge on any atom is -0.364 e. The maximum absolute atomic E-state index is 13.5. The smallest absolute Gasteiger partial charge is 0.290 e. The van der Waals surface area contributed by atoms with E-state index in [0.29, 0.717) is 42.8 Å². The molecule has 1 atom stereocenters. The third kappa shape index (κ3) is 4.48. The first-order chi connectivity index (χ1) is 17.3. The number of carbonyl (C=O) groups is 1. The van der Waals surface area contributed by atoms with Gasteiger partial charge in [-0.3, -0.25) is 14.3 Å². The molecule has 2 N–H and O–H groups in total. The van der Waals surface area contributed by atoms with Crippen LogP contribution in [0, 0.1) is 0 Å². The van der Waals surface area contributed by atoms with E-state index in [9.17, 15) is 18.4 Å². The summed E-state index contributed by atoms with van der Waals surface area (Å²) in [6, 6.07) is 6.24. The fourth-order valence-electron chi connectivity index (χ4n) is 4.86. The van der Waals surface area contributed by atoms with Gasteiger partial charge in [0.2, 0.25) is 0 Å². The summed E-state index contributed by atoms with van der Waals surface area (Å²) in [6.45, 7) is 1.32. The zero-order valence-corrected chi connectivity index (χ0v) is 20.1. The van der Waals surface area contributed by atoms with Gasteiger partial charge in [-0.25, -0.2) is 8.78 Å². The summed E-state index contributed by atoms with van der Waals surface area (Å²) in [5.41, 5.74) is 7.31. The van der Waals surface area contributed by atoms with Gasteiger partial charge in [0, 0.05) is 42.9 Å². The molecule has 36 heavy (non-hydrogen) atoms. The summed E-state index contributed by atoms with van der Waals surface area (Å²) in [7, 11) is 0. The topological polar surface area (TPSA) is 108 Å². The van der Waals surface area contributed by atoms with Crippen LogP contribution in [0.2, 0.25) is 5.02 Å². The maximum Gasteiger partial charge on any atom is 0.290 e. The molecular formula is C24H25ClF2N6O3.